The van der Waals surface area contributed by atoms with E-state index in [0.29, 0.717) is 5.69 Å². The Bertz CT molecular complexity index is 249. The summed E-state index contributed by atoms with van der Waals surface area (Å²) >= 11 is 0. The van der Waals surface area contributed by atoms with Gasteiger partial charge in [-0.2, -0.15) is 0 Å². The van der Waals surface area contributed by atoms with Crippen molar-refractivity contribution in [1.29, 1.82) is 0 Å². The first-order chi connectivity index (χ1) is 6.26. The summed E-state index contributed by atoms with van der Waals surface area (Å²) in [5, 5.41) is 3.12. The Morgan fingerprint density at radius 2 is 1.69 bits per heavy atom. The van der Waals surface area contributed by atoms with Crippen molar-refractivity contribution in [2.75, 3.05) is 19.3 Å². The quantitative estimate of drug-likeness (QED) is 0.758. The van der Waals surface area contributed by atoms with E-state index in [2.05, 4.69) is 5.09 Å². The van der Waals surface area contributed by atoms with Crippen molar-refractivity contribution >= 4 is 19.9 Å². The van der Waals surface area contributed by atoms with Crippen molar-refractivity contribution in [2.45, 2.75) is 0 Å². The van der Waals surface area contributed by atoms with Gasteiger partial charge in [0.2, 0.25) is 0 Å². The van der Waals surface area contributed by atoms with Crippen molar-refractivity contribution in [3.63, 3.8) is 0 Å². The van der Waals surface area contributed by atoms with Crippen molar-refractivity contribution in [3.8, 4) is 0 Å². The van der Waals surface area contributed by atoms with Crippen molar-refractivity contribution in [3.05, 3.63) is 24.3 Å². The summed E-state index contributed by atoms with van der Waals surface area (Å²) < 4.78 is 10.2. The number of hydrogen-bond donors (Lipinski definition) is 1. The van der Waals surface area contributed by atoms with Gasteiger partial charge in [-0.25, -0.2) is 0 Å². The number of benzene rings is 1. The Labute approximate surface area is 79.0 Å². The summed E-state index contributed by atoms with van der Waals surface area (Å²) in [7, 11) is 1.49. The fourth-order valence-corrected chi connectivity index (χ4v) is 1.81. The predicted octanol–water partition coefficient (Wildman–Crippen LogP) is 2.00. The zero-order chi connectivity index (χ0) is 9.68. The molecule has 0 unspecified atom stereocenters. The Morgan fingerprint density at radius 1 is 1.15 bits per heavy atom. The molecule has 0 fully saturated rings. The molecule has 2 N–H and O–H groups in total. The molecule has 0 atom stereocenters. The number of anilines is 1. The van der Waals surface area contributed by atoms with Crippen LogP contribution in [-0.2, 0) is 9.05 Å². The van der Waals surface area contributed by atoms with Crippen LogP contribution in [0.5, 0.6) is 0 Å². The summed E-state index contributed by atoms with van der Waals surface area (Å²) in [5.74, 6) is 0. The van der Waals surface area contributed by atoms with Crippen molar-refractivity contribution in [2.24, 2.45) is 0 Å². The standard InChI is InChI=1S/C8H14N2O2P/c1-11-13(12-2)10-8-5-3-7(9)4-6-8/h3-6,9-10H,13H2,1-2H3. The normalized spacial score (nSPS) is 11.1. The first-order valence-corrected chi connectivity index (χ1v) is 5.42. The average Bonchev–Trinajstić information content (AvgIpc) is 2.17. The zero-order valence-electron chi connectivity index (χ0n) is 7.70. The fraction of sp³-hybridized carbons (Fsp3) is 0.250. The third-order valence-electron chi connectivity index (χ3n) is 1.60. The Kier molecular flexibility index (Phi) is 3.96. The van der Waals surface area contributed by atoms with E-state index in [1.165, 1.54) is 0 Å². The second-order valence-corrected chi connectivity index (χ2v) is 4.42. The average molecular weight is 201 g/mol. The molecule has 0 saturated heterocycles. The van der Waals surface area contributed by atoms with E-state index < -0.39 is 8.53 Å². The minimum atomic E-state index is -1.75. The van der Waals surface area contributed by atoms with Gasteiger partial charge in [0.05, 0.1) is 0 Å². The minimum absolute atomic E-state index is 0.499. The number of hydrogen-bond acceptors (Lipinski definition) is 3. The van der Waals surface area contributed by atoms with Gasteiger partial charge < -0.3 is 0 Å². The van der Waals surface area contributed by atoms with E-state index in [9.17, 15) is 0 Å². The van der Waals surface area contributed by atoms with Gasteiger partial charge >= 0.3 is 78.3 Å². The van der Waals surface area contributed by atoms with Gasteiger partial charge in [0.1, 0.15) is 0 Å². The molecule has 0 saturated carbocycles. The van der Waals surface area contributed by atoms with Gasteiger partial charge in [0.15, 0.2) is 0 Å². The van der Waals surface area contributed by atoms with E-state index in [0.717, 1.165) is 5.69 Å². The van der Waals surface area contributed by atoms with Crippen molar-refractivity contribution in [1.82, 2.24) is 5.73 Å². The molecule has 0 spiro atoms. The van der Waals surface area contributed by atoms with Crippen LogP contribution >= 0.6 is 8.53 Å². The summed E-state index contributed by atoms with van der Waals surface area (Å²) in [6.07, 6.45) is 0. The van der Waals surface area contributed by atoms with Gasteiger partial charge in [-0.3, -0.25) is 0 Å². The first-order valence-electron chi connectivity index (χ1n) is 3.90. The molecule has 0 bridgehead atoms. The van der Waals surface area contributed by atoms with Gasteiger partial charge in [-0.05, 0) is 0 Å². The Morgan fingerprint density at radius 3 is 2.15 bits per heavy atom. The summed E-state index contributed by atoms with van der Waals surface area (Å²) in [4.78, 5) is 0. The first kappa shape index (κ1) is 10.3. The van der Waals surface area contributed by atoms with Crippen LogP contribution in [0.1, 0.15) is 0 Å². The van der Waals surface area contributed by atoms with E-state index in [4.69, 9.17) is 14.8 Å². The van der Waals surface area contributed by atoms with Crippen molar-refractivity contribution < 1.29 is 9.05 Å². The van der Waals surface area contributed by atoms with Crippen LogP contribution in [0.25, 0.3) is 0 Å². The van der Waals surface area contributed by atoms with Crippen LogP contribution in [0.4, 0.5) is 11.4 Å². The third kappa shape index (κ3) is 3.19. The molecular weight excluding hydrogens is 187 g/mol. The van der Waals surface area contributed by atoms with E-state index in [1.54, 1.807) is 26.4 Å². The van der Waals surface area contributed by atoms with E-state index >= 15 is 0 Å². The van der Waals surface area contributed by atoms with Crippen LogP contribution in [0.3, 0.4) is 0 Å². The second-order valence-electron chi connectivity index (χ2n) is 2.53. The Hall–Kier alpha value is -0.830. The molecule has 1 radical (unpaired) electrons. The molecule has 1 rings (SSSR count). The SMILES string of the molecule is CO[PH2](Nc1ccc([NH])cc1)OC. The molecule has 1 aromatic carbocycles. The molecule has 0 aromatic heterocycles. The molecule has 0 aliphatic heterocycles. The molecule has 0 heterocycles. The van der Waals surface area contributed by atoms with Gasteiger partial charge in [0.25, 0.3) is 0 Å². The molecule has 1 aromatic rings. The molecule has 5 heteroatoms. The maximum absolute atomic E-state index is 7.28. The maximum atomic E-state index is 7.28. The molecule has 73 valence electrons. The molecule has 0 aliphatic rings. The third-order valence-corrected chi connectivity index (χ3v) is 3.02. The molecule has 13 heavy (non-hydrogen) atoms. The van der Waals surface area contributed by atoms with Gasteiger partial charge in [-0.15, -0.1) is 0 Å². The van der Waals surface area contributed by atoms with Gasteiger partial charge in [-0.1, -0.05) is 0 Å². The van der Waals surface area contributed by atoms with E-state index in [-0.39, 0.29) is 0 Å². The molecule has 0 amide bonds. The molecule has 4 nitrogen and oxygen atoms in total. The van der Waals surface area contributed by atoms with Gasteiger partial charge in [0, 0.05) is 0 Å². The second kappa shape index (κ2) is 5.02. The van der Waals surface area contributed by atoms with Crippen LogP contribution in [0, 0.1) is 0 Å². The monoisotopic (exact) mass is 201 g/mol. The zero-order valence-corrected chi connectivity index (χ0v) is 8.86. The topological polar surface area (TPSA) is 54.3 Å². The van der Waals surface area contributed by atoms with Crippen LogP contribution in [-0.4, -0.2) is 14.2 Å². The van der Waals surface area contributed by atoms with Crippen LogP contribution < -0.4 is 10.8 Å². The molecule has 0 aliphatic carbocycles. The summed E-state index contributed by atoms with van der Waals surface area (Å²) in [6.45, 7) is 0. The van der Waals surface area contributed by atoms with Crippen LogP contribution in [0.2, 0.25) is 0 Å². The number of rotatable bonds is 4. The summed E-state index contributed by atoms with van der Waals surface area (Å²) in [5.41, 5.74) is 8.71. The Balaban J connectivity index is 2.58. The van der Waals surface area contributed by atoms with E-state index in [1.807, 2.05) is 12.1 Å². The van der Waals surface area contributed by atoms with Crippen LogP contribution in [0.15, 0.2) is 24.3 Å². The summed E-state index contributed by atoms with van der Waals surface area (Å²) in [6, 6.07) is 7.11. The number of nitrogens with one attached hydrogen (secondary N) is 2. The predicted molar refractivity (Wildman–Crippen MR) is 56.5 cm³/mol. The fourth-order valence-electron chi connectivity index (χ4n) is 0.917. The molecular formula is C8H14N2O2P.